The standard InChI is InChI=1S/C28H18ClF3N2O2/c29-25-11-4-2-7-19(25)17-36-26-13-12-18-6-1-3-10-23(18)24(26)14-20(16-33)27(35)34-22-9-5-8-21(15-22)28(30,31)32/h1-15H,17H2,(H,34,35)/b20-14+. The van der Waals surface area contributed by atoms with E-state index >= 15 is 0 Å². The number of hydrogen-bond donors (Lipinski definition) is 1. The van der Waals surface area contributed by atoms with Crippen LogP contribution in [0.2, 0.25) is 5.02 Å². The van der Waals surface area contributed by atoms with Gasteiger partial charge in [-0.25, -0.2) is 0 Å². The molecule has 0 bridgehead atoms. The second-order valence-electron chi connectivity index (χ2n) is 7.78. The molecule has 180 valence electrons. The molecule has 8 heteroatoms. The van der Waals surface area contributed by atoms with Crippen molar-refractivity contribution in [2.24, 2.45) is 0 Å². The van der Waals surface area contributed by atoms with Crippen molar-refractivity contribution >= 4 is 40.0 Å². The van der Waals surface area contributed by atoms with E-state index in [1.807, 2.05) is 48.5 Å². The molecule has 0 radical (unpaired) electrons. The Morgan fingerprint density at radius 1 is 1.00 bits per heavy atom. The fourth-order valence-corrected chi connectivity index (χ4v) is 3.78. The van der Waals surface area contributed by atoms with E-state index in [-0.39, 0.29) is 17.9 Å². The molecule has 0 aromatic heterocycles. The van der Waals surface area contributed by atoms with Crippen molar-refractivity contribution in [2.45, 2.75) is 12.8 Å². The molecule has 4 aromatic rings. The zero-order valence-corrected chi connectivity index (χ0v) is 19.4. The summed E-state index contributed by atoms with van der Waals surface area (Å²) >= 11 is 6.23. The van der Waals surface area contributed by atoms with Crippen molar-refractivity contribution in [3.63, 3.8) is 0 Å². The van der Waals surface area contributed by atoms with Crippen LogP contribution in [0.5, 0.6) is 5.75 Å². The average Bonchev–Trinajstić information content (AvgIpc) is 2.86. The van der Waals surface area contributed by atoms with Gasteiger partial charge in [0.15, 0.2) is 0 Å². The molecule has 36 heavy (non-hydrogen) atoms. The summed E-state index contributed by atoms with van der Waals surface area (Å²) in [4.78, 5) is 12.8. The van der Waals surface area contributed by atoms with E-state index in [0.29, 0.717) is 16.3 Å². The number of rotatable bonds is 6. The molecule has 0 unspecified atom stereocenters. The van der Waals surface area contributed by atoms with Crippen LogP contribution in [0.1, 0.15) is 16.7 Å². The average molecular weight is 507 g/mol. The van der Waals surface area contributed by atoms with Crippen molar-refractivity contribution in [3.8, 4) is 11.8 Å². The molecule has 1 N–H and O–H groups in total. The number of hydrogen-bond acceptors (Lipinski definition) is 3. The highest BCUT2D eigenvalue weighted by Gasteiger charge is 2.30. The van der Waals surface area contributed by atoms with Gasteiger partial charge in [-0.2, -0.15) is 18.4 Å². The highest BCUT2D eigenvalue weighted by Crippen LogP contribution is 2.33. The minimum atomic E-state index is -4.56. The van der Waals surface area contributed by atoms with Gasteiger partial charge in [-0.1, -0.05) is 66.2 Å². The number of carbonyl (C=O) groups excluding carboxylic acids is 1. The van der Waals surface area contributed by atoms with Gasteiger partial charge in [0.25, 0.3) is 5.91 Å². The lowest BCUT2D eigenvalue weighted by molar-refractivity contribution is -0.137. The van der Waals surface area contributed by atoms with E-state index in [1.54, 1.807) is 18.2 Å². The first-order valence-corrected chi connectivity index (χ1v) is 11.1. The van der Waals surface area contributed by atoms with Crippen LogP contribution in [0.4, 0.5) is 18.9 Å². The third kappa shape index (κ3) is 5.68. The molecule has 0 saturated heterocycles. The number of halogens is 4. The monoisotopic (exact) mass is 506 g/mol. The number of benzene rings is 4. The number of anilines is 1. The fraction of sp³-hybridized carbons (Fsp3) is 0.0714. The summed E-state index contributed by atoms with van der Waals surface area (Å²) < 4.78 is 45.1. The smallest absolute Gasteiger partial charge is 0.416 e. The summed E-state index contributed by atoms with van der Waals surface area (Å²) in [6.45, 7) is 0.150. The number of alkyl halides is 3. The molecule has 0 spiro atoms. The fourth-order valence-electron chi connectivity index (χ4n) is 3.59. The van der Waals surface area contributed by atoms with Crippen molar-refractivity contribution in [1.29, 1.82) is 5.26 Å². The van der Waals surface area contributed by atoms with E-state index < -0.39 is 17.6 Å². The number of fused-ring (bicyclic) bond motifs is 1. The van der Waals surface area contributed by atoms with Gasteiger partial charge in [-0.3, -0.25) is 4.79 Å². The predicted molar refractivity (Wildman–Crippen MR) is 133 cm³/mol. The molecule has 4 rings (SSSR count). The predicted octanol–water partition coefficient (Wildman–Crippen LogP) is 7.64. The maximum Gasteiger partial charge on any atom is 0.416 e. The van der Waals surface area contributed by atoms with Gasteiger partial charge in [0.1, 0.15) is 24.0 Å². The second-order valence-corrected chi connectivity index (χ2v) is 8.19. The lowest BCUT2D eigenvalue weighted by Gasteiger charge is -2.14. The summed E-state index contributed by atoms with van der Waals surface area (Å²) in [6.07, 6.45) is -3.20. The SMILES string of the molecule is N#C/C(=C\c1c(OCc2ccccc2Cl)ccc2ccccc12)C(=O)Nc1cccc(C(F)(F)F)c1. The second kappa shape index (κ2) is 10.5. The maximum atomic E-state index is 13.0. The van der Waals surface area contributed by atoms with Crippen molar-refractivity contribution in [3.05, 3.63) is 112 Å². The molecule has 0 atom stereocenters. The molecule has 4 nitrogen and oxygen atoms in total. The number of amides is 1. The highest BCUT2D eigenvalue weighted by atomic mass is 35.5. The Balaban J connectivity index is 1.69. The Bertz CT molecular complexity index is 1510. The van der Waals surface area contributed by atoms with Crippen molar-refractivity contribution < 1.29 is 22.7 Å². The molecular weight excluding hydrogens is 489 g/mol. The van der Waals surface area contributed by atoms with Crippen LogP contribution >= 0.6 is 11.6 Å². The highest BCUT2D eigenvalue weighted by molar-refractivity contribution is 6.31. The first kappa shape index (κ1) is 24.8. The van der Waals surface area contributed by atoms with Crippen LogP contribution in [0.15, 0.2) is 90.5 Å². The van der Waals surface area contributed by atoms with Gasteiger partial charge >= 0.3 is 6.18 Å². The van der Waals surface area contributed by atoms with Crippen molar-refractivity contribution in [2.75, 3.05) is 5.32 Å². The van der Waals surface area contributed by atoms with E-state index in [0.717, 1.165) is 28.5 Å². The van der Waals surface area contributed by atoms with E-state index in [4.69, 9.17) is 16.3 Å². The first-order chi connectivity index (χ1) is 17.3. The van der Waals surface area contributed by atoms with E-state index in [1.165, 1.54) is 18.2 Å². The molecular formula is C28H18ClF3N2O2. The number of carbonyl (C=O) groups is 1. The Morgan fingerprint density at radius 3 is 2.50 bits per heavy atom. The first-order valence-electron chi connectivity index (χ1n) is 10.7. The maximum absolute atomic E-state index is 13.0. The van der Waals surface area contributed by atoms with Gasteiger partial charge in [0.05, 0.1) is 5.56 Å². The molecule has 0 heterocycles. The number of nitrogens with one attached hydrogen (secondary N) is 1. The number of nitrogens with zero attached hydrogens (tertiary/aromatic N) is 1. The van der Waals surface area contributed by atoms with Crippen LogP contribution in [0.3, 0.4) is 0 Å². The van der Waals surface area contributed by atoms with E-state index in [2.05, 4.69) is 5.32 Å². The summed E-state index contributed by atoms with van der Waals surface area (Å²) in [5, 5.41) is 14.2. The Kier molecular flexibility index (Phi) is 7.28. The topological polar surface area (TPSA) is 62.1 Å². The molecule has 0 aliphatic rings. The zero-order chi connectivity index (χ0) is 25.7. The van der Waals surface area contributed by atoms with Gasteiger partial charge in [0.2, 0.25) is 0 Å². The normalized spacial score (nSPS) is 11.7. The summed E-state index contributed by atoms with van der Waals surface area (Å²) in [5.41, 5.74) is -0.0523. The molecule has 4 aromatic carbocycles. The lowest BCUT2D eigenvalue weighted by Crippen LogP contribution is -2.14. The van der Waals surface area contributed by atoms with Crippen LogP contribution in [-0.4, -0.2) is 5.91 Å². The Labute approximate surface area is 210 Å². The van der Waals surface area contributed by atoms with Crippen molar-refractivity contribution in [1.82, 2.24) is 0 Å². The van der Waals surface area contributed by atoms with Gasteiger partial charge < -0.3 is 10.1 Å². The zero-order valence-electron chi connectivity index (χ0n) is 18.6. The number of ether oxygens (including phenoxy) is 1. The molecule has 0 aliphatic heterocycles. The quantitative estimate of drug-likeness (QED) is 0.216. The van der Waals surface area contributed by atoms with Crippen LogP contribution in [-0.2, 0) is 17.6 Å². The molecule has 0 saturated carbocycles. The largest absolute Gasteiger partial charge is 0.488 e. The molecule has 1 amide bonds. The third-order valence-electron chi connectivity index (χ3n) is 5.37. The lowest BCUT2D eigenvalue weighted by atomic mass is 10.0. The molecule has 0 fully saturated rings. The minimum absolute atomic E-state index is 0.0795. The molecule has 0 aliphatic carbocycles. The minimum Gasteiger partial charge on any atom is -0.488 e. The van der Waals surface area contributed by atoms with Gasteiger partial charge in [-0.05, 0) is 47.2 Å². The van der Waals surface area contributed by atoms with Gasteiger partial charge in [0, 0.05) is 21.8 Å². The third-order valence-corrected chi connectivity index (χ3v) is 5.74. The summed E-state index contributed by atoms with van der Waals surface area (Å²) in [7, 11) is 0. The summed E-state index contributed by atoms with van der Waals surface area (Å²) in [6, 6.07) is 24.2. The summed E-state index contributed by atoms with van der Waals surface area (Å²) in [5.74, 6) is -0.435. The Morgan fingerprint density at radius 2 is 1.75 bits per heavy atom. The van der Waals surface area contributed by atoms with Crippen LogP contribution in [0.25, 0.3) is 16.8 Å². The van der Waals surface area contributed by atoms with Crippen LogP contribution < -0.4 is 10.1 Å². The van der Waals surface area contributed by atoms with Crippen LogP contribution in [0, 0.1) is 11.3 Å². The van der Waals surface area contributed by atoms with Gasteiger partial charge in [-0.15, -0.1) is 0 Å². The number of nitriles is 1. The Hall–Kier alpha value is -4.28. The van der Waals surface area contributed by atoms with E-state index in [9.17, 15) is 23.2 Å².